The van der Waals surface area contributed by atoms with Crippen LogP contribution in [0.1, 0.15) is 121 Å². The molecule has 0 nitrogen and oxygen atoms in total. The summed E-state index contributed by atoms with van der Waals surface area (Å²) in [6, 6.07) is 0. The number of allylic oxidation sites excluding steroid dienone is 14. The first-order valence-corrected chi connectivity index (χ1v) is 15.6. The van der Waals surface area contributed by atoms with Gasteiger partial charge < -0.3 is 0 Å². The molecule has 0 radical (unpaired) electrons. The molecule has 0 amide bonds. The van der Waals surface area contributed by atoms with Crippen LogP contribution in [0, 0.1) is 46.3 Å². The number of rotatable bonds is 8. The van der Waals surface area contributed by atoms with E-state index in [4.69, 9.17) is 0 Å². The van der Waals surface area contributed by atoms with Crippen molar-refractivity contribution >= 4 is 0 Å². The van der Waals surface area contributed by atoms with Gasteiger partial charge in [0.25, 0.3) is 0 Å². The van der Waals surface area contributed by atoms with Crippen LogP contribution in [-0.4, -0.2) is 0 Å². The molecule has 216 valence electrons. The fourth-order valence-corrected chi connectivity index (χ4v) is 5.87. The van der Waals surface area contributed by atoms with E-state index in [-0.39, 0.29) is 11.3 Å². The van der Waals surface area contributed by atoms with E-state index in [1.54, 1.807) is 11.1 Å². The fraction of sp³-hybridized carbons (Fsp3) is 0.550. The molecule has 2 aliphatic carbocycles. The van der Waals surface area contributed by atoms with Gasteiger partial charge >= 0.3 is 0 Å². The van der Waals surface area contributed by atoms with Crippen molar-refractivity contribution in [2.24, 2.45) is 22.7 Å². The van der Waals surface area contributed by atoms with Crippen LogP contribution in [0.3, 0.4) is 0 Å². The van der Waals surface area contributed by atoms with Gasteiger partial charge in [0.2, 0.25) is 0 Å². The molecule has 0 bridgehead atoms. The maximum atomic E-state index is 3.41. The molecule has 40 heavy (non-hydrogen) atoms. The molecule has 2 atom stereocenters. The van der Waals surface area contributed by atoms with Gasteiger partial charge in [-0.25, -0.2) is 0 Å². The second-order valence-corrected chi connectivity index (χ2v) is 13.5. The molecule has 2 rings (SSSR count). The molecule has 0 fully saturated rings. The molecule has 0 aromatic carbocycles. The van der Waals surface area contributed by atoms with E-state index in [2.05, 4.69) is 142 Å². The smallest absolute Gasteiger partial charge is 0.0357 e. The van der Waals surface area contributed by atoms with E-state index in [9.17, 15) is 0 Å². The Bertz CT molecular complexity index is 1200. The average Bonchev–Trinajstić information content (AvgIpc) is 2.85. The van der Waals surface area contributed by atoms with Gasteiger partial charge in [0.15, 0.2) is 0 Å². The molecule has 0 N–H and O–H groups in total. The van der Waals surface area contributed by atoms with Crippen LogP contribution >= 0.6 is 0 Å². The van der Waals surface area contributed by atoms with Gasteiger partial charge in [-0.15, -0.1) is 5.92 Å². The summed E-state index contributed by atoms with van der Waals surface area (Å²) in [4.78, 5) is 0. The van der Waals surface area contributed by atoms with E-state index in [1.807, 2.05) is 0 Å². The minimum atomic E-state index is 0.268. The third-order valence-electron chi connectivity index (χ3n) is 8.48. The highest BCUT2D eigenvalue weighted by atomic mass is 14.3. The Kier molecular flexibility index (Phi) is 13.3. The first-order chi connectivity index (χ1) is 18.8. The Morgan fingerprint density at radius 1 is 0.800 bits per heavy atom. The van der Waals surface area contributed by atoms with Crippen LogP contribution < -0.4 is 0 Å². The first-order valence-electron chi connectivity index (χ1n) is 15.6. The van der Waals surface area contributed by atoms with E-state index in [0.717, 1.165) is 12.8 Å². The Hall–Kier alpha value is -2.70. The van der Waals surface area contributed by atoms with Gasteiger partial charge in [-0.2, -0.15) is 0 Å². The van der Waals surface area contributed by atoms with Gasteiger partial charge in [-0.1, -0.05) is 123 Å². The van der Waals surface area contributed by atoms with Crippen molar-refractivity contribution in [2.75, 3.05) is 0 Å². The minimum Gasteiger partial charge on any atom is -0.101 e. The lowest BCUT2D eigenvalue weighted by Gasteiger charge is -2.33. The molecular formula is C40H56. The van der Waals surface area contributed by atoms with E-state index in [1.165, 1.54) is 60.8 Å². The Morgan fingerprint density at radius 2 is 1.40 bits per heavy atom. The highest BCUT2D eigenvalue weighted by Crippen LogP contribution is 2.41. The lowest BCUT2D eigenvalue weighted by Crippen LogP contribution is -2.19. The predicted octanol–water partition coefficient (Wildman–Crippen LogP) is 11.7. The number of hydrogen-bond donors (Lipinski definition) is 0. The largest absolute Gasteiger partial charge is 0.101 e. The van der Waals surface area contributed by atoms with E-state index >= 15 is 0 Å². The molecular weight excluding hydrogens is 480 g/mol. The fourth-order valence-electron chi connectivity index (χ4n) is 5.87. The van der Waals surface area contributed by atoms with Crippen molar-refractivity contribution in [2.45, 2.75) is 121 Å². The average molecular weight is 537 g/mol. The molecule has 0 saturated heterocycles. The van der Waals surface area contributed by atoms with Crippen molar-refractivity contribution in [3.8, 4) is 23.7 Å². The Labute approximate surface area is 248 Å². The standard InChI is InChI=1S/C40H56/c1-31(19-13-21-33(3)25-27-37-35(5)23-15-29-39(37,7)8)17-11-12-18-32(2)20-14-22-34(4)26-28-38-36(6)24-16-30-40(38,9)10/h13,17,19,21,25-28,32,34H,11,15-16,20,23-24,29-30H2,1-10H3/b19-13+,27-25+,28-26+,31-17+,33-21+. The van der Waals surface area contributed by atoms with Gasteiger partial charge in [0.05, 0.1) is 0 Å². The maximum Gasteiger partial charge on any atom is 0.0357 e. The van der Waals surface area contributed by atoms with E-state index in [0.29, 0.717) is 11.3 Å². The van der Waals surface area contributed by atoms with Crippen molar-refractivity contribution < 1.29 is 0 Å². The van der Waals surface area contributed by atoms with Crippen molar-refractivity contribution in [1.82, 2.24) is 0 Å². The lowest BCUT2D eigenvalue weighted by atomic mass is 9.72. The van der Waals surface area contributed by atoms with Gasteiger partial charge in [0.1, 0.15) is 0 Å². The minimum absolute atomic E-state index is 0.268. The van der Waals surface area contributed by atoms with Gasteiger partial charge in [-0.05, 0) is 95.1 Å². The normalized spacial score (nSPS) is 21.4. The first kappa shape index (κ1) is 33.5. The van der Waals surface area contributed by atoms with Crippen LogP contribution in [0.15, 0.2) is 82.0 Å². The maximum absolute atomic E-state index is 3.41. The molecule has 0 heteroatoms. The molecule has 0 heterocycles. The SMILES string of the molecule is CC1=C(/C=C/C(C)=C/C=C/C(C)=C/CC#CC(C)CC#CC(C)/C=C/C2=C(C)CCCC2(C)C)C(C)(C)CCC1. The molecule has 0 spiro atoms. The zero-order valence-corrected chi connectivity index (χ0v) is 27.4. The summed E-state index contributed by atoms with van der Waals surface area (Å²) in [5.41, 5.74) is 9.22. The summed E-state index contributed by atoms with van der Waals surface area (Å²) in [6.45, 7) is 22.7. The monoisotopic (exact) mass is 536 g/mol. The summed E-state index contributed by atoms with van der Waals surface area (Å²) >= 11 is 0. The Balaban J connectivity index is 1.81. The zero-order valence-electron chi connectivity index (χ0n) is 27.4. The van der Waals surface area contributed by atoms with E-state index < -0.39 is 0 Å². The van der Waals surface area contributed by atoms with Crippen LogP contribution in [-0.2, 0) is 0 Å². The summed E-state index contributed by atoms with van der Waals surface area (Å²) in [5.74, 6) is 14.0. The highest BCUT2D eigenvalue weighted by Gasteiger charge is 2.27. The third kappa shape index (κ3) is 11.4. The van der Waals surface area contributed by atoms with Crippen LogP contribution in [0.25, 0.3) is 0 Å². The summed E-state index contributed by atoms with van der Waals surface area (Å²) in [5, 5.41) is 0. The quantitative estimate of drug-likeness (QED) is 0.214. The third-order valence-corrected chi connectivity index (χ3v) is 8.48. The highest BCUT2D eigenvalue weighted by molar-refractivity contribution is 5.37. The Morgan fingerprint density at radius 3 is 2.00 bits per heavy atom. The molecule has 0 aromatic heterocycles. The molecule has 0 saturated carbocycles. The molecule has 2 unspecified atom stereocenters. The van der Waals surface area contributed by atoms with Crippen molar-refractivity contribution in [3.05, 3.63) is 82.0 Å². The molecule has 0 aromatic rings. The molecule has 0 aliphatic heterocycles. The predicted molar refractivity (Wildman–Crippen MR) is 179 cm³/mol. The summed E-state index contributed by atoms with van der Waals surface area (Å²) in [6.07, 6.45) is 27.2. The van der Waals surface area contributed by atoms with Crippen LogP contribution in [0.2, 0.25) is 0 Å². The summed E-state index contributed by atoms with van der Waals surface area (Å²) < 4.78 is 0. The number of hydrogen-bond acceptors (Lipinski definition) is 0. The van der Waals surface area contributed by atoms with Crippen molar-refractivity contribution in [3.63, 3.8) is 0 Å². The van der Waals surface area contributed by atoms with Crippen molar-refractivity contribution in [1.29, 1.82) is 0 Å². The van der Waals surface area contributed by atoms with Crippen LogP contribution in [0.4, 0.5) is 0 Å². The van der Waals surface area contributed by atoms with Gasteiger partial charge in [-0.3, -0.25) is 0 Å². The zero-order chi connectivity index (χ0) is 29.8. The topological polar surface area (TPSA) is 0 Å². The second-order valence-electron chi connectivity index (χ2n) is 13.5. The molecule has 2 aliphatic rings. The van der Waals surface area contributed by atoms with Gasteiger partial charge in [0, 0.05) is 24.7 Å². The second kappa shape index (κ2) is 15.9. The van der Waals surface area contributed by atoms with Crippen LogP contribution in [0.5, 0.6) is 0 Å². The lowest BCUT2D eigenvalue weighted by molar-refractivity contribution is 0.376. The summed E-state index contributed by atoms with van der Waals surface area (Å²) in [7, 11) is 0.